The van der Waals surface area contributed by atoms with Crippen molar-refractivity contribution in [2.75, 3.05) is 6.26 Å². The second kappa shape index (κ2) is 7.32. The monoisotopic (exact) mass is 470 g/mol. The minimum Gasteiger partial charge on any atom is -0.334 e. The largest absolute Gasteiger partial charge is 0.449 e. The molecule has 3 aromatic rings. The van der Waals surface area contributed by atoms with Crippen LogP contribution in [0.2, 0.25) is 0 Å². The van der Waals surface area contributed by atoms with Crippen molar-refractivity contribution in [2.24, 2.45) is 0 Å². The highest BCUT2D eigenvalue weighted by molar-refractivity contribution is 7.90. The van der Waals surface area contributed by atoms with Crippen molar-refractivity contribution < 1.29 is 43.5 Å². The standard InChI is InChI=1S/C18H10F8N2O2S/c1-31(29,30)13-7-11(19)10(6-12(13)20)15-14(27-16(28-15)18(24,25)26)8-3-2-4-9(5-8)17(21,22)23/h2-7H,1H3,(H,27,28). The van der Waals surface area contributed by atoms with Crippen LogP contribution in [0.5, 0.6) is 0 Å². The van der Waals surface area contributed by atoms with Gasteiger partial charge in [0.05, 0.1) is 17.0 Å². The first-order valence-corrected chi connectivity index (χ1v) is 10.0. The van der Waals surface area contributed by atoms with Crippen LogP contribution < -0.4 is 0 Å². The molecule has 0 unspecified atom stereocenters. The molecule has 0 amide bonds. The van der Waals surface area contributed by atoms with Crippen LogP contribution in [-0.4, -0.2) is 24.6 Å². The Labute approximate surface area is 169 Å². The second-order valence-corrected chi connectivity index (χ2v) is 8.40. The lowest BCUT2D eigenvalue weighted by Crippen LogP contribution is -2.07. The number of alkyl halides is 6. The van der Waals surface area contributed by atoms with E-state index in [0.29, 0.717) is 24.5 Å². The third-order valence-electron chi connectivity index (χ3n) is 4.13. The van der Waals surface area contributed by atoms with Crippen LogP contribution in [-0.2, 0) is 22.2 Å². The van der Waals surface area contributed by atoms with E-state index in [1.54, 1.807) is 4.98 Å². The lowest BCUT2D eigenvalue weighted by molar-refractivity contribution is -0.144. The molecule has 0 saturated heterocycles. The van der Waals surface area contributed by atoms with E-state index in [2.05, 4.69) is 4.98 Å². The first kappa shape index (κ1) is 22.7. The summed E-state index contributed by atoms with van der Waals surface area (Å²) in [4.78, 5) is 3.95. The molecule has 4 nitrogen and oxygen atoms in total. The van der Waals surface area contributed by atoms with Gasteiger partial charge in [0.2, 0.25) is 5.82 Å². The highest BCUT2D eigenvalue weighted by Gasteiger charge is 2.37. The summed E-state index contributed by atoms with van der Waals surface area (Å²) in [5.74, 6) is -4.55. The summed E-state index contributed by atoms with van der Waals surface area (Å²) in [6.07, 6.45) is -9.32. The molecule has 0 atom stereocenters. The highest BCUT2D eigenvalue weighted by atomic mass is 32.2. The first-order valence-electron chi connectivity index (χ1n) is 8.13. The molecule has 13 heteroatoms. The number of H-pyrrole nitrogens is 1. The molecule has 0 spiro atoms. The van der Waals surface area contributed by atoms with E-state index in [1.807, 2.05) is 0 Å². The minimum absolute atomic E-state index is 0.268. The Morgan fingerprint density at radius 1 is 0.903 bits per heavy atom. The van der Waals surface area contributed by atoms with E-state index in [1.165, 1.54) is 0 Å². The SMILES string of the molecule is CS(=O)(=O)c1cc(F)c(-c2[nH]c(C(F)(F)F)nc2-c2cccc(C(F)(F)F)c2)cc1F. The normalized spacial score (nSPS) is 12.9. The van der Waals surface area contributed by atoms with Crippen LogP contribution in [0.25, 0.3) is 22.5 Å². The van der Waals surface area contributed by atoms with Gasteiger partial charge < -0.3 is 4.98 Å². The van der Waals surface area contributed by atoms with Crippen molar-refractivity contribution in [2.45, 2.75) is 17.2 Å². The molecule has 1 aromatic heterocycles. The average Bonchev–Trinajstić information content (AvgIpc) is 3.07. The van der Waals surface area contributed by atoms with E-state index in [0.717, 1.165) is 12.1 Å². The summed E-state index contributed by atoms with van der Waals surface area (Å²) in [5.41, 5.74) is -4.01. The number of hydrogen-bond acceptors (Lipinski definition) is 3. The van der Waals surface area contributed by atoms with E-state index in [9.17, 15) is 43.5 Å². The number of hydrogen-bond donors (Lipinski definition) is 1. The number of nitrogens with zero attached hydrogens (tertiary/aromatic N) is 1. The van der Waals surface area contributed by atoms with Gasteiger partial charge in [-0.1, -0.05) is 12.1 Å². The Bertz CT molecular complexity index is 1260. The van der Waals surface area contributed by atoms with Crippen molar-refractivity contribution in [1.29, 1.82) is 0 Å². The fourth-order valence-electron chi connectivity index (χ4n) is 2.76. The summed E-state index contributed by atoms with van der Waals surface area (Å²) in [6, 6.07) is 3.68. The number of benzene rings is 2. The summed E-state index contributed by atoms with van der Waals surface area (Å²) in [5, 5.41) is 0. The van der Waals surface area contributed by atoms with Crippen molar-refractivity contribution in [3.05, 3.63) is 59.4 Å². The van der Waals surface area contributed by atoms with Gasteiger partial charge in [-0.25, -0.2) is 22.2 Å². The molecule has 0 bridgehead atoms. The van der Waals surface area contributed by atoms with E-state index in [-0.39, 0.29) is 6.07 Å². The van der Waals surface area contributed by atoms with Crippen LogP contribution >= 0.6 is 0 Å². The highest BCUT2D eigenvalue weighted by Crippen LogP contribution is 2.39. The topological polar surface area (TPSA) is 62.8 Å². The molecule has 3 rings (SSSR count). The Kier molecular flexibility index (Phi) is 5.37. The quantitative estimate of drug-likeness (QED) is 0.517. The van der Waals surface area contributed by atoms with Gasteiger partial charge in [0, 0.05) is 17.4 Å². The average molecular weight is 470 g/mol. The van der Waals surface area contributed by atoms with Gasteiger partial charge in [0.15, 0.2) is 9.84 Å². The molecule has 0 aliphatic carbocycles. The van der Waals surface area contributed by atoms with Gasteiger partial charge in [-0.3, -0.25) is 0 Å². The molecule has 166 valence electrons. The Balaban J connectivity index is 2.30. The molecule has 1 heterocycles. The molecule has 1 N–H and O–H groups in total. The third kappa shape index (κ3) is 4.55. The molecule has 0 radical (unpaired) electrons. The zero-order valence-corrected chi connectivity index (χ0v) is 16.0. The van der Waals surface area contributed by atoms with E-state index in [4.69, 9.17) is 0 Å². The second-order valence-electron chi connectivity index (χ2n) is 6.42. The van der Waals surface area contributed by atoms with Gasteiger partial charge in [-0.05, 0) is 24.3 Å². The van der Waals surface area contributed by atoms with Crippen molar-refractivity contribution in [1.82, 2.24) is 9.97 Å². The molecule has 0 fully saturated rings. The van der Waals surface area contributed by atoms with Crippen LogP contribution in [0.1, 0.15) is 11.4 Å². The van der Waals surface area contributed by atoms with Crippen molar-refractivity contribution >= 4 is 9.84 Å². The predicted octanol–water partition coefficient (Wildman–Crippen LogP) is 5.46. The first-order chi connectivity index (χ1) is 14.1. The van der Waals surface area contributed by atoms with Crippen molar-refractivity contribution in [3.8, 4) is 22.5 Å². The smallest absolute Gasteiger partial charge is 0.334 e. The maximum atomic E-state index is 14.6. The number of halogens is 8. The van der Waals surface area contributed by atoms with Gasteiger partial charge in [0.25, 0.3) is 0 Å². The molecular formula is C18H10F8N2O2S. The lowest BCUT2D eigenvalue weighted by Gasteiger charge is -2.10. The van der Waals surface area contributed by atoms with Gasteiger partial charge in [-0.2, -0.15) is 26.3 Å². The van der Waals surface area contributed by atoms with Gasteiger partial charge in [-0.15, -0.1) is 0 Å². The third-order valence-corrected chi connectivity index (χ3v) is 5.24. The summed E-state index contributed by atoms with van der Waals surface area (Å²) in [7, 11) is -4.20. The fourth-order valence-corrected chi connectivity index (χ4v) is 3.49. The zero-order chi connectivity index (χ0) is 23.4. The van der Waals surface area contributed by atoms with Crippen LogP contribution in [0.15, 0.2) is 41.3 Å². The Morgan fingerprint density at radius 2 is 1.55 bits per heavy atom. The molecular weight excluding hydrogens is 460 g/mol. The fraction of sp³-hybridized carbons (Fsp3) is 0.167. The summed E-state index contributed by atoms with van der Waals surface area (Å²) in [6.45, 7) is 0. The van der Waals surface area contributed by atoms with Crippen molar-refractivity contribution in [3.63, 3.8) is 0 Å². The van der Waals surface area contributed by atoms with Gasteiger partial charge in [0.1, 0.15) is 16.5 Å². The van der Waals surface area contributed by atoms with E-state index >= 15 is 0 Å². The van der Waals surface area contributed by atoms with Crippen LogP contribution in [0, 0.1) is 11.6 Å². The number of sulfone groups is 1. The predicted molar refractivity (Wildman–Crippen MR) is 92.5 cm³/mol. The molecule has 0 aliphatic rings. The van der Waals surface area contributed by atoms with E-state index < -0.39 is 72.6 Å². The number of imidazole rings is 1. The maximum absolute atomic E-state index is 14.6. The Morgan fingerprint density at radius 3 is 2.10 bits per heavy atom. The summed E-state index contributed by atoms with van der Waals surface area (Å²) < 4.78 is 130. The molecule has 0 saturated carbocycles. The number of aromatic nitrogens is 2. The number of nitrogens with one attached hydrogen (secondary N) is 1. The molecule has 0 aliphatic heterocycles. The Hall–Kier alpha value is -2.96. The molecule has 2 aromatic carbocycles. The van der Waals surface area contributed by atoms with Gasteiger partial charge >= 0.3 is 12.4 Å². The van der Waals surface area contributed by atoms with Crippen LogP contribution in [0.4, 0.5) is 35.1 Å². The lowest BCUT2D eigenvalue weighted by atomic mass is 10.0. The zero-order valence-electron chi connectivity index (χ0n) is 15.2. The number of aromatic amines is 1. The molecule has 31 heavy (non-hydrogen) atoms. The summed E-state index contributed by atoms with van der Waals surface area (Å²) >= 11 is 0. The number of rotatable bonds is 3. The maximum Gasteiger partial charge on any atom is 0.449 e. The van der Waals surface area contributed by atoms with Crippen LogP contribution in [0.3, 0.4) is 0 Å². The minimum atomic E-state index is -5.09.